The molecule has 1 aliphatic rings. The summed E-state index contributed by atoms with van der Waals surface area (Å²) in [6, 6.07) is 4.35. The first-order chi connectivity index (χ1) is 27.6. The van der Waals surface area contributed by atoms with Crippen molar-refractivity contribution in [3.05, 3.63) is 45.9 Å². The van der Waals surface area contributed by atoms with E-state index >= 15 is 0 Å². The SMILES string of the molecule is CCCCCCON(C(=O)[C@@H](NC(=O)[C@H]1CCCCN1C)[C@@H](C)CC)[C@H](C[C@@H](OC(C)=O)c1nc(C(=O)N[C@@H](Cc2ccc(O)cc2)C[C@H](C)C(N)=O)cs1)C(C)C. The third kappa shape index (κ3) is 14.9. The molecule has 1 aromatic carbocycles. The predicted molar refractivity (Wildman–Crippen MR) is 224 cm³/mol. The number of aromatic hydroxyl groups is 1. The molecule has 1 aliphatic heterocycles. The second kappa shape index (κ2) is 24.1. The van der Waals surface area contributed by atoms with E-state index in [2.05, 4.69) is 22.5 Å². The van der Waals surface area contributed by atoms with E-state index in [1.807, 2.05) is 39.6 Å². The number of nitrogens with zero attached hydrogens (tertiary/aromatic N) is 3. The molecule has 4 amide bonds. The number of rotatable bonds is 24. The van der Waals surface area contributed by atoms with Crippen LogP contribution in [0.5, 0.6) is 5.75 Å². The van der Waals surface area contributed by atoms with Crippen molar-refractivity contribution in [3.63, 3.8) is 0 Å². The van der Waals surface area contributed by atoms with E-state index in [9.17, 15) is 29.1 Å². The number of primary amides is 1. The maximum atomic E-state index is 14.8. The number of piperidine rings is 1. The summed E-state index contributed by atoms with van der Waals surface area (Å²) in [5, 5.41) is 19.2. The minimum atomic E-state index is -0.925. The van der Waals surface area contributed by atoms with Gasteiger partial charge in [-0.15, -0.1) is 11.3 Å². The molecule has 0 bridgehead atoms. The number of esters is 1. The lowest BCUT2D eigenvalue weighted by molar-refractivity contribution is -0.213. The number of carbonyl (C=O) groups excluding carboxylic acids is 5. The van der Waals surface area contributed by atoms with Crippen LogP contribution < -0.4 is 16.4 Å². The summed E-state index contributed by atoms with van der Waals surface area (Å²) in [6.07, 6.45) is 6.93. The van der Waals surface area contributed by atoms with Crippen LogP contribution in [0.25, 0.3) is 0 Å². The number of carbonyl (C=O) groups is 5. The van der Waals surface area contributed by atoms with Gasteiger partial charge in [-0.05, 0) is 75.2 Å². The van der Waals surface area contributed by atoms with Crippen LogP contribution in [0.2, 0.25) is 0 Å². The van der Waals surface area contributed by atoms with Gasteiger partial charge in [0.15, 0.2) is 6.10 Å². The Kier molecular flexibility index (Phi) is 20.1. The van der Waals surface area contributed by atoms with Crippen molar-refractivity contribution in [1.29, 1.82) is 0 Å². The largest absolute Gasteiger partial charge is 0.508 e. The quantitative estimate of drug-likeness (QED) is 0.0548. The molecule has 15 heteroatoms. The molecular formula is C43H68N6O8S. The fourth-order valence-electron chi connectivity index (χ4n) is 7.20. The van der Waals surface area contributed by atoms with Gasteiger partial charge in [-0.1, -0.05) is 85.8 Å². The Morgan fingerprint density at radius 3 is 2.33 bits per heavy atom. The zero-order valence-electron chi connectivity index (χ0n) is 35.8. The van der Waals surface area contributed by atoms with Crippen LogP contribution in [0.1, 0.15) is 140 Å². The Hall–Kier alpha value is -4.08. The van der Waals surface area contributed by atoms with E-state index < -0.39 is 47.9 Å². The Balaban J connectivity index is 1.93. The first-order valence-electron chi connectivity index (χ1n) is 21.0. The molecule has 14 nitrogen and oxygen atoms in total. The van der Waals surface area contributed by atoms with Crippen LogP contribution in [0.15, 0.2) is 29.6 Å². The highest BCUT2D eigenvalue weighted by Gasteiger charge is 2.40. The minimum Gasteiger partial charge on any atom is -0.508 e. The maximum absolute atomic E-state index is 14.8. The smallest absolute Gasteiger partial charge is 0.303 e. The van der Waals surface area contributed by atoms with Gasteiger partial charge >= 0.3 is 5.97 Å². The highest BCUT2D eigenvalue weighted by molar-refractivity contribution is 7.09. The highest BCUT2D eigenvalue weighted by Crippen LogP contribution is 2.32. The molecule has 2 aromatic rings. The Morgan fingerprint density at radius 2 is 1.72 bits per heavy atom. The molecule has 1 fully saturated rings. The number of amides is 4. The zero-order chi connectivity index (χ0) is 42.9. The van der Waals surface area contributed by atoms with Gasteiger partial charge < -0.3 is 26.2 Å². The van der Waals surface area contributed by atoms with Crippen molar-refractivity contribution in [2.24, 2.45) is 23.5 Å². The number of hydrogen-bond donors (Lipinski definition) is 4. The van der Waals surface area contributed by atoms with E-state index in [1.165, 1.54) is 12.0 Å². The number of thiazole rings is 1. The summed E-state index contributed by atoms with van der Waals surface area (Å²) in [6.45, 7) is 14.1. The van der Waals surface area contributed by atoms with Crippen LogP contribution in [0, 0.1) is 17.8 Å². The Morgan fingerprint density at radius 1 is 1.02 bits per heavy atom. The summed E-state index contributed by atoms with van der Waals surface area (Å²) in [7, 11) is 1.94. The number of nitrogens with two attached hydrogens (primary N) is 1. The number of phenolic OH excluding ortho intramolecular Hbond substituents is 1. The first kappa shape index (κ1) is 48.3. The summed E-state index contributed by atoms with van der Waals surface area (Å²) in [4.78, 5) is 79.8. The summed E-state index contributed by atoms with van der Waals surface area (Å²) >= 11 is 1.16. The number of likely N-dealkylation sites (N-methyl/N-ethyl adjacent to an activating group) is 1. The number of unbranched alkanes of at least 4 members (excludes halogenated alkanes) is 3. The number of ether oxygens (including phenoxy) is 1. The monoisotopic (exact) mass is 828 g/mol. The average molecular weight is 829 g/mol. The molecule has 324 valence electrons. The Bertz CT molecular complexity index is 1620. The third-order valence-corrected chi connectivity index (χ3v) is 12.0. The molecule has 7 atom stereocenters. The topological polar surface area (TPSA) is 193 Å². The first-order valence-corrected chi connectivity index (χ1v) is 21.9. The molecule has 0 aliphatic carbocycles. The summed E-state index contributed by atoms with van der Waals surface area (Å²) < 4.78 is 5.87. The number of hydrogen-bond acceptors (Lipinski definition) is 11. The van der Waals surface area contributed by atoms with Gasteiger partial charge in [0.2, 0.25) is 11.8 Å². The number of aromatic nitrogens is 1. The van der Waals surface area contributed by atoms with Crippen molar-refractivity contribution < 1.29 is 38.7 Å². The molecule has 0 unspecified atom stereocenters. The third-order valence-electron chi connectivity index (χ3n) is 11.0. The highest BCUT2D eigenvalue weighted by atomic mass is 32.1. The normalized spacial score (nSPS) is 17.7. The van der Waals surface area contributed by atoms with E-state index in [4.69, 9.17) is 15.3 Å². The van der Waals surface area contributed by atoms with Gasteiger partial charge in [0.05, 0.1) is 18.7 Å². The van der Waals surface area contributed by atoms with Gasteiger partial charge in [-0.3, -0.25) is 33.7 Å². The van der Waals surface area contributed by atoms with Crippen molar-refractivity contribution in [2.75, 3.05) is 20.2 Å². The van der Waals surface area contributed by atoms with Crippen molar-refractivity contribution in [2.45, 2.75) is 149 Å². The molecular weight excluding hydrogens is 761 g/mol. The van der Waals surface area contributed by atoms with Gasteiger partial charge in [0.1, 0.15) is 22.5 Å². The summed E-state index contributed by atoms with van der Waals surface area (Å²) in [5.41, 5.74) is 6.52. The van der Waals surface area contributed by atoms with Crippen LogP contribution in [0.3, 0.4) is 0 Å². The molecule has 3 rings (SSSR count). The fourth-order valence-corrected chi connectivity index (χ4v) is 8.04. The Labute approximate surface area is 348 Å². The lowest BCUT2D eigenvalue weighted by atomic mass is 9.93. The number of likely N-dealkylation sites (tertiary alicyclic amines) is 1. The number of benzene rings is 1. The second-order valence-corrected chi connectivity index (χ2v) is 17.1. The van der Waals surface area contributed by atoms with Gasteiger partial charge in [0, 0.05) is 30.7 Å². The standard InChI is InChI=1S/C43H68N6O8S/c1-9-11-12-15-22-56-49(43(55)38(28(5)10-2)47-41(54)35-16-13-14-21-48(35)8)36(27(3)4)25-37(57-30(7)50)42-46-34(26-58-42)40(53)45-32(23-29(6)39(44)52)24-31-17-19-33(51)20-18-31/h17-20,26-29,32,35-38,51H,9-16,21-25H2,1-8H3,(H2,44,52)(H,45,53)(H,47,54)/t28-,29-,32+,35+,36+,37+,38-/m0/s1. The van der Waals surface area contributed by atoms with Crippen molar-refractivity contribution in [1.82, 2.24) is 25.6 Å². The molecule has 1 aromatic heterocycles. The van der Waals surface area contributed by atoms with Gasteiger partial charge in [0.25, 0.3) is 11.8 Å². The molecule has 58 heavy (non-hydrogen) atoms. The number of hydroxylamine groups is 2. The molecule has 0 radical (unpaired) electrons. The molecule has 0 spiro atoms. The van der Waals surface area contributed by atoms with Crippen LogP contribution in [-0.2, 0) is 35.2 Å². The van der Waals surface area contributed by atoms with Gasteiger partial charge in [-0.2, -0.15) is 0 Å². The minimum absolute atomic E-state index is 0.105. The van der Waals surface area contributed by atoms with E-state index in [0.717, 1.165) is 68.4 Å². The zero-order valence-corrected chi connectivity index (χ0v) is 36.6. The number of nitrogens with one attached hydrogen (secondary N) is 2. The molecule has 5 N–H and O–H groups in total. The van der Waals surface area contributed by atoms with Crippen molar-refractivity contribution >= 4 is 40.9 Å². The van der Waals surface area contributed by atoms with E-state index in [1.54, 1.807) is 36.6 Å². The van der Waals surface area contributed by atoms with Crippen LogP contribution in [-0.4, -0.2) is 94.0 Å². The summed E-state index contributed by atoms with van der Waals surface area (Å²) in [5.74, 6) is -2.83. The van der Waals surface area contributed by atoms with E-state index in [-0.39, 0.29) is 54.0 Å². The molecule has 0 saturated carbocycles. The fraction of sp³-hybridized carbons (Fsp3) is 0.674. The maximum Gasteiger partial charge on any atom is 0.303 e. The van der Waals surface area contributed by atoms with Crippen molar-refractivity contribution in [3.8, 4) is 5.75 Å². The van der Waals surface area contributed by atoms with Gasteiger partial charge in [-0.25, -0.2) is 10.0 Å². The predicted octanol–water partition coefficient (Wildman–Crippen LogP) is 6.08. The molecule has 2 heterocycles. The molecule has 1 saturated heterocycles. The second-order valence-electron chi connectivity index (χ2n) is 16.2. The van der Waals surface area contributed by atoms with Crippen LogP contribution in [0.4, 0.5) is 0 Å². The average Bonchev–Trinajstić information content (AvgIpc) is 3.68. The lowest BCUT2D eigenvalue weighted by Crippen LogP contribution is -2.58. The number of phenols is 1. The van der Waals surface area contributed by atoms with E-state index in [0.29, 0.717) is 24.5 Å². The lowest BCUT2D eigenvalue weighted by Gasteiger charge is -2.39. The van der Waals surface area contributed by atoms with Crippen LogP contribution >= 0.6 is 11.3 Å².